The molecule has 0 aromatic rings. The summed E-state index contributed by atoms with van der Waals surface area (Å²) < 4.78 is 4.29. The first kappa shape index (κ1) is 9.11. The second-order valence-corrected chi connectivity index (χ2v) is 2.43. The van der Waals surface area contributed by atoms with Crippen molar-refractivity contribution in [1.82, 2.24) is 0 Å². The fourth-order valence-electron chi connectivity index (χ4n) is 0.909. The zero-order chi connectivity index (χ0) is 9.30. The van der Waals surface area contributed by atoms with Gasteiger partial charge in [-0.15, -0.1) is 0 Å². The molecule has 6 nitrogen and oxygen atoms in total. The van der Waals surface area contributed by atoms with Crippen molar-refractivity contribution in [2.24, 2.45) is 0 Å². The molecule has 3 atom stereocenters. The SMILES string of the molecule is O=C1O[C@H]([C@H](O)CO)C(O)C1=O. The molecule has 6 heteroatoms. The molecule has 1 aliphatic rings. The average Bonchev–Trinajstić information content (AvgIpc) is 2.32. The van der Waals surface area contributed by atoms with Crippen molar-refractivity contribution in [3.05, 3.63) is 0 Å². The van der Waals surface area contributed by atoms with Crippen molar-refractivity contribution >= 4 is 11.8 Å². The summed E-state index contributed by atoms with van der Waals surface area (Å²) in [4.78, 5) is 21.1. The number of hydrogen-bond acceptors (Lipinski definition) is 6. The lowest BCUT2D eigenvalue weighted by atomic mass is 10.1. The fraction of sp³-hybridized carbons (Fsp3) is 0.667. The number of esters is 1. The monoisotopic (exact) mass is 176 g/mol. The number of Topliss-reactive ketones (excluding diaryl/α,β-unsaturated/α-hetero) is 1. The lowest BCUT2D eigenvalue weighted by Gasteiger charge is -2.15. The van der Waals surface area contributed by atoms with Gasteiger partial charge in [-0.05, 0) is 0 Å². The number of aliphatic hydroxyl groups excluding tert-OH is 3. The average molecular weight is 176 g/mol. The Bertz CT molecular complexity index is 212. The summed E-state index contributed by atoms with van der Waals surface area (Å²) in [5, 5.41) is 26.3. The molecule has 1 aliphatic heterocycles. The van der Waals surface area contributed by atoms with E-state index in [1.807, 2.05) is 0 Å². The first-order chi connectivity index (χ1) is 5.57. The van der Waals surface area contributed by atoms with Crippen LogP contribution in [-0.4, -0.2) is 52.0 Å². The summed E-state index contributed by atoms with van der Waals surface area (Å²) in [6, 6.07) is 0. The van der Waals surface area contributed by atoms with Crippen LogP contribution in [0.4, 0.5) is 0 Å². The standard InChI is InChI=1S/C6H8O6/c7-1-2(8)5-3(9)4(10)6(11)12-5/h2-3,5,7-9H,1H2/t2-,3?,5-/m1/s1. The highest BCUT2D eigenvalue weighted by atomic mass is 16.6. The third-order valence-corrected chi connectivity index (χ3v) is 1.59. The lowest BCUT2D eigenvalue weighted by molar-refractivity contribution is -0.152. The summed E-state index contributed by atoms with van der Waals surface area (Å²) in [5.74, 6) is -2.27. The van der Waals surface area contributed by atoms with Crippen LogP contribution in [-0.2, 0) is 14.3 Å². The molecular weight excluding hydrogens is 168 g/mol. The molecule has 0 spiro atoms. The summed E-state index contributed by atoms with van der Waals surface area (Å²) in [5.41, 5.74) is 0. The number of ether oxygens (including phenoxy) is 1. The van der Waals surface area contributed by atoms with Crippen LogP contribution < -0.4 is 0 Å². The quantitative estimate of drug-likeness (QED) is 0.310. The van der Waals surface area contributed by atoms with Gasteiger partial charge in [0.2, 0.25) is 0 Å². The van der Waals surface area contributed by atoms with E-state index in [0.29, 0.717) is 0 Å². The van der Waals surface area contributed by atoms with Crippen LogP contribution in [0.1, 0.15) is 0 Å². The van der Waals surface area contributed by atoms with Crippen LogP contribution in [0, 0.1) is 0 Å². The highest BCUT2D eigenvalue weighted by Gasteiger charge is 2.45. The normalized spacial score (nSPS) is 31.9. The molecule has 0 bridgehead atoms. The molecule has 1 heterocycles. The molecule has 68 valence electrons. The summed E-state index contributed by atoms with van der Waals surface area (Å²) in [6.45, 7) is -0.678. The van der Waals surface area contributed by atoms with Crippen molar-refractivity contribution < 1.29 is 29.6 Å². The third-order valence-electron chi connectivity index (χ3n) is 1.59. The van der Waals surface area contributed by atoms with Gasteiger partial charge < -0.3 is 20.1 Å². The Hall–Kier alpha value is -0.980. The number of ketones is 1. The molecule has 12 heavy (non-hydrogen) atoms. The minimum Gasteiger partial charge on any atom is -0.450 e. The van der Waals surface area contributed by atoms with Gasteiger partial charge >= 0.3 is 5.97 Å². The van der Waals surface area contributed by atoms with Gasteiger partial charge in [-0.3, -0.25) is 4.79 Å². The van der Waals surface area contributed by atoms with E-state index in [-0.39, 0.29) is 0 Å². The van der Waals surface area contributed by atoms with Gasteiger partial charge in [0.05, 0.1) is 6.61 Å². The van der Waals surface area contributed by atoms with E-state index in [4.69, 9.17) is 15.3 Å². The first-order valence-electron chi connectivity index (χ1n) is 3.29. The molecular formula is C6H8O6. The number of carbonyl (C=O) groups is 2. The van der Waals surface area contributed by atoms with Crippen LogP contribution in [0.5, 0.6) is 0 Å². The maximum absolute atomic E-state index is 10.6. The van der Waals surface area contributed by atoms with Crippen LogP contribution in [0.3, 0.4) is 0 Å². The molecule has 1 unspecified atom stereocenters. The topological polar surface area (TPSA) is 104 Å². The Morgan fingerprint density at radius 2 is 2.08 bits per heavy atom. The largest absolute Gasteiger partial charge is 0.450 e. The van der Waals surface area contributed by atoms with E-state index in [1.54, 1.807) is 0 Å². The second kappa shape index (κ2) is 3.18. The smallest absolute Gasteiger partial charge is 0.378 e. The highest BCUT2D eigenvalue weighted by Crippen LogP contribution is 2.14. The van der Waals surface area contributed by atoms with Crippen LogP contribution in [0.25, 0.3) is 0 Å². The van der Waals surface area contributed by atoms with Crippen molar-refractivity contribution in [3.8, 4) is 0 Å². The number of cyclic esters (lactones) is 1. The van der Waals surface area contributed by atoms with E-state index in [1.165, 1.54) is 0 Å². The van der Waals surface area contributed by atoms with E-state index in [0.717, 1.165) is 0 Å². The number of carbonyl (C=O) groups excluding carboxylic acids is 2. The van der Waals surface area contributed by atoms with Gasteiger partial charge in [0, 0.05) is 0 Å². The maximum atomic E-state index is 10.6. The van der Waals surface area contributed by atoms with Gasteiger partial charge in [-0.25, -0.2) is 4.79 Å². The molecule has 1 fully saturated rings. The van der Waals surface area contributed by atoms with Gasteiger partial charge in [-0.1, -0.05) is 0 Å². The van der Waals surface area contributed by atoms with Crippen molar-refractivity contribution in [3.63, 3.8) is 0 Å². The van der Waals surface area contributed by atoms with Gasteiger partial charge in [0.15, 0.2) is 12.2 Å². The molecule has 0 saturated carbocycles. The summed E-state index contributed by atoms with van der Waals surface area (Å²) >= 11 is 0. The number of hydrogen-bond donors (Lipinski definition) is 3. The molecule has 0 amide bonds. The molecule has 1 rings (SSSR count). The Morgan fingerprint density at radius 3 is 2.42 bits per heavy atom. The predicted molar refractivity (Wildman–Crippen MR) is 34.0 cm³/mol. The fourth-order valence-corrected chi connectivity index (χ4v) is 0.909. The predicted octanol–water partition coefficient (Wildman–Crippen LogP) is -2.81. The van der Waals surface area contributed by atoms with Gasteiger partial charge in [0.1, 0.15) is 6.10 Å². The van der Waals surface area contributed by atoms with Crippen LogP contribution in [0.2, 0.25) is 0 Å². The Morgan fingerprint density at radius 1 is 1.50 bits per heavy atom. The Labute approximate surface area is 67.4 Å². The van der Waals surface area contributed by atoms with E-state index >= 15 is 0 Å². The minimum absolute atomic E-state index is 0.678. The molecule has 0 radical (unpaired) electrons. The molecule has 1 saturated heterocycles. The molecule has 3 N–H and O–H groups in total. The van der Waals surface area contributed by atoms with Crippen molar-refractivity contribution in [1.29, 1.82) is 0 Å². The number of rotatable bonds is 2. The van der Waals surface area contributed by atoms with E-state index in [9.17, 15) is 9.59 Å². The first-order valence-corrected chi connectivity index (χ1v) is 3.29. The van der Waals surface area contributed by atoms with E-state index in [2.05, 4.69) is 4.74 Å². The second-order valence-electron chi connectivity index (χ2n) is 2.43. The van der Waals surface area contributed by atoms with Crippen molar-refractivity contribution in [2.45, 2.75) is 18.3 Å². The zero-order valence-electron chi connectivity index (χ0n) is 6.01. The third kappa shape index (κ3) is 1.31. The minimum atomic E-state index is -1.67. The van der Waals surface area contributed by atoms with Gasteiger partial charge in [-0.2, -0.15) is 0 Å². The Kier molecular flexibility index (Phi) is 2.41. The summed E-state index contributed by atoms with van der Waals surface area (Å²) in [6.07, 6.45) is -4.43. The number of aliphatic hydroxyl groups is 3. The highest BCUT2D eigenvalue weighted by molar-refractivity contribution is 6.37. The Balaban J connectivity index is 2.70. The van der Waals surface area contributed by atoms with Crippen molar-refractivity contribution in [2.75, 3.05) is 6.61 Å². The molecule has 0 aromatic heterocycles. The lowest BCUT2D eigenvalue weighted by Crippen LogP contribution is -2.38. The summed E-state index contributed by atoms with van der Waals surface area (Å²) in [7, 11) is 0. The zero-order valence-corrected chi connectivity index (χ0v) is 6.01. The maximum Gasteiger partial charge on any atom is 0.378 e. The van der Waals surface area contributed by atoms with E-state index < -0.39 is 36.7 Å². The molecule has 0 aromatic carbocycles. The van der Waals surface area contributed by atoms with Gasteiger partial charge in [0.25, 0.3) is 5.78 Å². The molecule has 0 aliphatic carbocycles. The van der Waals surface area contributed by atoms with Crippen LogP contribution >= 0.6 is 0 Å². The van der Waals surface area contributed by atoms with Crippen LogP contribution in [0.15, 0.2) is 0 Å².